The number of hydrogen-bond donors (Lipinski definition) is 4. The number of phenols is 2. The number of rotatable bonds is 5. The van der Waals surface area contributed by atoms with Crippen molar-refractivity contribution in [1.29, 1.82) is 0 Å². The molecule has 5 aromatic carbocycles. The topological polar surface area (TPSA) is 141 Å². The van der Waals surface area contributed by atoms with Gasteiger partial charge in [0.2, 0.25) is 0 Å². The minimum absolute atomic E-state index is 0.0970. The van der Waals surface area contributed by atoms with Crippen molar-refractivity contribution in [1.82, 2.24) is 0 Å². The zero-order valence-corrected chi connectivity index (χ0v) is 20.3. The second-order valence-electron chi connectivity index (χ2n) is 8.39. The van der Waals surface area contributed by atoms with Crippen LogP contribution in [0.3, 0.4) is 0 Å². The molecule has 0 heterocycles. The summed E-state index contributed by atoms with van der Waals surface area (Å²) in [5, 5.41) is 37.5. The Kier molecular flexibility index (Phi) is 7.87. The number of aromatic carboxylic acids is 2. The van der Waals surface area contributed by atoms with Crippen LogP contribution in [-0.2, 0) is 0 Å². The van der Waals surface area contributed by atoms with Gasteiger partial charge in [-0.05, 0) is 94.7 Å². The van der Waals surface area contributed by atoms with Crippen molar-refractivity contribution >= 4 is 28.7 Å². The third-order valence-electron chi connectivity index (χ3n) is 5.70. The first kappa shape index (κ1) is 26.4. The Morgan fingerprint density at radius 1 is 0.487 bits per heavy atom. The van der Waals surface area contributed by atoms with Crippen molar-refractivity contribution < 1.29 is 39.5 Å². The van der Waals surface area contributed by atoms with Crippen molar-refractivity contribution in [3.05, 3.63) is 126 Å². The highest BCUT2D eigenvalue weighted by molar-refractivity contribution is 5.99. The van der Waals surface area contributed by atoms with Crippen molar-refractivity contribution in [3.8, 4) is 28.4 Å². The molecular weight excluding hydrogens is 500 g/mol. The summed E-state index contributed by atoms with van der Waals surface area (Å²) in [7, 11) is 0. The van der Waals surface area contributed by atoms with Crippen molar-refractivity contribution in [2.75, 3.05) is 0 Å². The Labute approximate surface area is 222 Å². The van der Waals surface area contributed by atoms with E-state index in [4.69, 9.17) is 25.2 Å². The molecule has 0 bridgehead atoms. The summed E-state index contributed by atoms with van der Waals surface area (Å²) in [4.78, 5) is 34.0. The molecule has 4 N–H and O–H groups in total. The summed E-state index contributed by atoms with van der Waals surface area (Å²) in [5.41, 5.74) is 2.60. The van der Waals surface area contributed by atoms with Crippen LogP contribution < -0.4 is 4.74 Å². The summed E-state index contributed by atoms with van der Waals surface area (Å²) >= 11 is 0. The Hall–Kier alpha value is -5.63. The largest absolute Gasteiger partial charge is 0.508 e. The fraction of sp³-hybridized carbons (Fsp3) is 0. The number of ether oxygens (including phenoxy) is 1. The van der Waals surface area contributed by atoms with Crippen LogP contribution >= 0.6 is 0 Å². The van der Waals surface area contributed by atoms with Crippen molar-refractivity contribution in [3.63, 3.8) is 0 Å². The number of carbonyl (C=O) groups excluding carboxylic acids is 1. The van der Waals surface area contributed by atoms with Gasteiger partial charge in [-0.1, -0.05) is 36.4 Å². The average molecular weight is 523 g/mol. The molecular formula is C31H22O8. The summed E-state index contributed by atoms with van der Waals surface area (Å²) in [6, 6.07) is 28.8. The summed E-state index contributed by atoms with van der Waals surface area (Å²) in [6.07, 6.45) is 0. The number of aromatic hydroxyl groups is 2. The lowest BCUT2D eigenvalue weighted by Crippen LogP contribution is -2.08. The number of phenolic OH excluding ortho intramolecular Hbond substituents is 2. The number of esters is 1. The molecule has 0 amide bonds. The second-order valence-corrected chi connectivity index (χ2v) is 8.39. The lowest BCUT2D eigenvalue weighted by molar-refractivity contribution is 0.0686. The molecule has 0 aliphatic heterocycles. The molecule has 0 saturated heterocycles. The minimum Gasteiger partial charge on any atom is -0.508 e. The van der Waals surface area contributed by atoms with E-state index in [0.29, 0.717) is 16.3 Å². The zero-order chi connectivity index (χ0) is 27.9. The first-order chi connectivity index (χ1) is 18.7. The van der Waals surface area contributed by atoms with Crippen LogP contribution in [0.5, 0.6) is 17.2 Å². The van der Waals surface area contributed by atoms with Gasteiger partial charge in [0, 0.05) is 0 Å². The zero-order valence-electron chi connectivity index (χ0n) is 20.3. The number of benzene rings is 5. The van der Waals surface area contributed by atoms with Gasteiger partial charge in [-0.3, -0.25) is 0 Å². The van der Waals surface area contributed by atoms with Crippen LogP contribution in [0.1, 0.15) is 31.1 Å². The van der Waals surface area contributed by atoms with E-state index in [9.17, 15) is 14.4 Å². The molecule has 5 rings (SSSR count). The van der Waals surface area contributed by atoms with Gasteiger partial charge in [0.15, 0.2) is 0 Å². The van der Waals surface area contributed by atoms with E-state index in [1.54, 1.807) is 48.5 Å². The number of fused-ring (bicyclic) bond motifs is 1. The molecule has 0 saturated carbocycles. The van der Waals surface area contributed by atoms with Gasteiger partial charge in [0.1, 0.15) is 17.2 Å². The molecule has 0 fully saturated rings. The highest BCUT2D eigenvalue weighted by atomic mass is 16.5. The Morgan fingerprint density at radius 3 is 1.36 bits per heavy atom. The predicted octanol–water partition coefficient (Wildman–Crippen LogP) is 6.22. The molecule has 0 atom stereocenters. The highest BCUT2D eigenvalue weighted by Gasteiger charge is 2.11. The predicted molar refractivity (Wildman–Crippen MR) is 144 cm³/mol. The maximum atomic E-state index is 12.2. The van der Waals surface area contributed by atoms with E-state index in [1.807, 2.05) is 24.3 Å². The lowest BCUT2D eigenvalue weighted by atomic mass is 10.0. The third kappa shape index (κ3) is 6.78. The van der Waals surface area contributed by atoms with Crippen LogP contribution in [-0.4, -0.2) is 38.3 Å². The van der Waals surface area contributed by atoms with Crippen LogP contribution in [0.4, 0.5) is 0 Å². The molecule has 0 unspecified atom stereocenters. The fourth-order valence-corrected chi connectivity index (χ4v) is 3.65. The monoisotopic (exact) mass is 522 g/mol. The van der Waals surface area contributed by atoms with E-state index in [2.05, 4.69) is 0 Å². The van der Waals surface area contributed by atoms with Gasteiger partial charge in [-0.25, -0.2) is 14.4 Å². The number of carbonyl (C=O) groups is 3. The normalized spacial score (nSPS) is 10.3. The van der Waals surface area contributed by atoms with Gasteiger partial charge < -0.3 is 25.2 Å². The molecule has 39 heavy (non-hydrogen) atoms. The molecule has 0 aromatic heterocycles. The van der Waals surface area contributed by atoms with Gasteiger partial charge in [-0.2, -0.15) is 0 Å². The van der Waals surface area contributed by atoms with Gasteiger partial charge >= 0.3 is 17.9 Å². The highest BCUT2D eigenvalue weighted by Crippen LogP contribution is 2.24. The lowest BCUT2D eigenvalue weighted by Gasteiger charge is -2.06. The first-order valence-corrected chi connectivity index (χ1v) is 11.6. The molecule has 0 aliphatic rings. The summed E-state index contributed by atoms with van der Waals surface area (Å²) in [6.45, 7) is 0. The molecule has 0 spiro atoms. The summed E-state index contributed by atoms with van der Waals surface area (Å²) < 4.78 is 5.22. The van der Waals surface area contributed by atoms with Gasteiger partial charge in [0.25, 0.3) is 0 Å². The van der Waals surface area contributed by atoms with E-state index >= 15 is 0 Å². The molecule has 0 aliphatic carbocycles. The SMILES string of the molecule is O=C(O)c1ccc(OC(=O)c2ccc3cc(C(=O)O)ccc3c2)cc1.Oc1ccc(-c2ccc(O)cc2)cc1. The number of carboxylic acids is 2. The van der Waals surface area contributed by atoms with Crippen LogP contribution in [0.15, 0.2) is 109 Å². The van der Waals surface area contributed by atoms with Gasteiger partial charge in [0.05, 0.1) is 16.7 Å². The molecule has 8 nitrogen and oxygen atoms in total. The van der Waals surface area contributed by atoms with E-state index in [-0.39, 0.29) is 28.4 Å². The van der Waals surface area contributed by atoms with Crippen molar-refractivity contribution in [2.24, 2.45) is 0 Å². The van der Waals surface area contributed by atoms with E-state index in [0.717, 1.165) is 11.1 Å². The smallest absolute Gasteiger partial charge is 0.343 e. The Morgan fingerprint density at radius 2 is 0.897 bits per heavy atom. The summed E-state index contributed by atoms with van der Waals surface area (Å²) in [5.74, 6) is -1.92. The maximum Gasteiger partial charge on any atom is 0.343 e. The molecule has 5 aromatic rings. The third-order valence-corrected chi connectivity index (χ3v) is 5.70. The minimum atomic E-state index is -1.06. The fourth-order valence-electron chi connectivity index (χ4n) is 3.65. The maximum absolute atomic E-state index is 12.2. The quantitative estimate of drug-likeness (QED) is 0.157. The number of carboxylic acid groups (broad SMARTS) is 2. The van der Waals surface area contributed by atoms with Crippen LogP contribution in [0.2, 0.25) is 0 Å². The standard InChI is InChI=1S/C19H12O6.C12H10O2/c20-17(21)11-5-7-16(8-6-11)25-19(24)15-4-2-12-9-14(18(22)23)3-1-13(12)10-15;13-11-5-1-9(2-6-11)10-3-7-12(14)8-4-10/h1-10H,(H,20,21)(H,22,23);1-8,13-14H. The molecule has 194 valence electrons. The number of hydrogen-bond acceptors (Lipinski definition) is 6. The van der Waals surface area contributed by atoms with Crippen LogP contribution in [0.25, 0.3) is 21.9 Å². The van der Waals surface area contributed by atoms with E-state index < -0.39 is 17.9 Å². The molecule has 8 heteroatoms. The van der Waals surface area contributed by atoms with Crippen molar-refractivity contribution in [2.45, 2.75) is 0 Å². The van der Waals surface area contributed by atoms with Gasteiger partial charge in [-0.15, -0.1) is 0 Å². The van der Waals surface area contributed by atoms with Crippen LogP contribution in [0, 0.1) is 0 Å². The average Bonchev–Trinajstić information content (AvgIpc) is 2.94. The first-order valence-electron chi connectivity index (χ1n) is 11.6. The Balaban J connectivity index is 0.000000212. The van der Waals surface area contributed by atoms with E-state index in [1.165, 1.54) is 36.4 Å². The second kappa shape index (κ2) is 11.6. The molecule has 0 radical (unpaired) electrons. The Bertz CT molecular complexity index is 1590.